The maximum Gasteiger partial charge on any atom is 0.338 e. The monoisotopic (exact) mass is 250 g/mol. The Morgan fingerprint density at radius 3 is 2.56 bits per heavy atom. The molecule has 0 bridgehead atoms. The van der Waals surface area contributed by atoms with Crippen LogP contribution in [-0.2, 0) is 20.7 Å². The Kier molecular flexibility index (Phi) is 5.36. The van der Waals surface area contributed by atoms with E-state index in [0.29, 0.717) is 25.0 Å². The Balaban J connectivity index is 2.73. The van der Waals surface area contributed by atoms with Crippen molar-refractivity contribution < 1.29 is 19.1 Å². The molecular weight excluding hydrogens is 232 g/mol. The van der Waals surface area contributed by atoms with Gasteiger partial charge in [0.1, 0.15) is 0 Å². The molecule has 0 spiro atoms. The maximum atomic E-state index is 11.5. The molecule has 0 fully saturated rings. The number of hydrogen-bond acceptors (Lipinski definition) is 4. The van der Waals surface area contributed by atoms with Crippen LogP contribution in [0.5, 0.6) is 0 Å². The van der Waals surface area contributed by atoms with Crippen molar-refractivity contribution in [2.24, 2.45) is 0 Å². The summed E-state index contributed by atoms with van der Waals surface area (Å²) >= 11 is 0. The molecule has 0 aliphatic heterocycles. The van der Waals surface area contributed by atoms with Crippen LogP contribution in [0.4, 0.5) is 0 Å². The number of ether oxygens (including phenoxy) is 2. The lowest BCUT2D eigenvalue weighted by Gasteiger charge is -2.07. The number of carbonyl (C=O) groups excluding carboxylic acids is 2. The molecule has 1 rings (SSSR count). The number of benzene rings is 1. The van der Waals surface area contributed by atoms with Crippen molar-refractivity contribution in [1.29, 1.82) is 0 Å². The topological polar surface area (TPSA) is 52.6 Å². The molecule has 0 saturated carbocycles. The van der Waals surface area contributed by atoms with Crippen molar-refractivity contribution in [2.75, 3.05) is 13.7 Å². The predicted molar refractivity (Wildman–Crippen MR) is 67.5 cm³/mol. The molecule has 4 nitrogen and oxygen atoms in total. The Hall–Kier alpha value is -1.84. The number of rotatable bonds is 5. The molecule has 0 amide bonds. The minimum Gasteiger partial charge on any atom is -0.469 e. The lowest BCUT2D eigenvalue weighted by molar-refractivity contribution is -0.140. The third-order valence-corrected chi connectivity index (χ3v) is 2.68. The first kappa shape index (κ1) is 14.2. The van der Waals surface area contributed by atoms with Gasteiger partial charge in [-0.05, 0) is 43.5 Å². The molecule has 18 heavy (non-hydrogen) atoms. The second-order valence-corrected chi connectivity index (χ2v) is 3.94. The van der Waals surface area contributed by atoms with E-state index in [4.69, 9.17) is 4.74 Å². The van der Waals surface area contributed by atoms with E-state index in [9.17, 15) is 9.59 Å². The zero-order valence-corrected chi connectivity index (χ0v) is 11.0. The summed E-state index contributed by atoms with van der Waals surface area (Å²) < 4.78 is 9.52. The van der Waals surface area contributed by atoms with Crippen LogP contribution in [-0.4, -0.2) is 25.7 Å². The maximum absolute atomic E-state index is 11.5. The van der Waals surface area contributed by atoms with Gasteiger partial charge in [-0.3, -0.25) is 4.79 Å². The number of esters is 2. The first-order valence-corrected chi connectivity index (χ1v) is 5.92. The van der Waals surface area contributed by atoms with Crippen LogP contribution in [0.1, 0.15) is 34.8 Å². The van der Waals surface area contributed by atoms with Gasteiger partial charge >= 0.3 is 11.9 Å². The summed E-state index contributed by atoms with van der Waals surface area (Å²) in [6.45, 7) is 4.05. The largest absolute Gasteiger partial charge is 0.469 e. The molecule has 1 aromatic carbocycles. The molecule has 0 N–H and O–H groups in total. The van der Waals surface area contributed by atoms with Gasteiger partial charge in [0, 0.05) is 6.42 Å². The van der Waals surface area contributed by atoms with Gasteiger partial charge in [-0.25, -0.2) is 4.79 Å². The molecule has 0 aromatic heterocycles. The van der Waals surface area contributed by atoms with E-state index in [2.05, 4.69) is 4.74 Å². The highest BCUT2D eigenvalue weighted by molar-refractivity contribution is 5.89. The second kappa shape index (κ2) is 6.79. The zero-order valence-electron chi connectivity index (χ0n) is 11.0. The molecule has 0 saturated heterocycles. The fourth-order valence-corrected chi connectivity index (χ4v) is 1.66. The van der Waals surface area contributed by atoms with Gasteiger partial charge < -0.3 is 9.47 Å². The number of carbonyl (C=O) groups is 2. The molecule has 98 valence electrons. The number of hydrogen-bond donors (Lipinski definition) is 0. The van der Waals surface area contributed by atoms with Gasteiger partial charge in [0.05, 0.1) is 19.3 Å². The zero-order chi connectivity index (χ0) is 13.5. The first-order valence-electron chi connectivity index (χ1n) is 5.92. The van der Waals surface area contributed by atoms with E-state index in [1.807, 2.05) is 13.0 Å². The smallest absolute Gasteiger partial charge is 0.338 e. The fourth-order valence-electron chi connectivity index (χ4n) is 1.66. The SMILES string of the molecule is CCOC(=O)c1ccc(CCC(=O)OC)c(C)c1. The minimum absolute atomic E-state index is 0.233. The van der Waals surface area contributed by atoms with Crippen LogP contribution in [0, 0.1) is 6.92 Å². The molecule has 1 aromatic rings. The van der Waals surface area contributed by atoms with Gasteiger partial charge in [0.25, 0.3) is 0 Å². The van der Waals surface area contributed by atoms with Crippen LogP contribution in [0.3, 0.4) is 0 Å². The highest BCUT2D eigenvalue weighted by Gasteiger charge is 2.09. The molecule has 0 atom stereocenters. The molecule has 0 unspecified atom stereocenters. The molecule has 0 aliphatic carbocycles. The van der Waals surface area contributed by atoms with Gasteiger partial charge in [-0.15, -0.1) is 0 Å². The lowest BCUT2D eigenvalue weighted by atomic mass is 10.0. The van der Waals surface area contributed by atoms with Crippen molar-refractivity contribution in [3.8, 4) is 0 Å². The highest BCUT2D eigenvalue weighted by Crippen LogP contribution is 2.14. The summed E-state index contributed by atoms with van der Waals surface area (Å²) in [5.41, 5.74) is 2.55. The summed E-state index contributed by atoms with van der Waals surface area (Å²) in [6.07, 6.45) is 0.956. The van der Waals surface area contributed by atoms with E-state index >= 15 is 0 Å². The molecular formula is C14H18O4. The van der Waals surface area contributed by atoms with E-state index in [-0.39, 0.29) is 11.9 Å². The fraction of sp³-hybridized carbons (Fsp3) is 0.429. The van der Waals surface area contributed by atoms with Gasteiger partial charge in [0.15, 0.2) is 0 Å². The van der Waals surface area contributed by atoms with E-state index in [0.717, 1.165) is 11.1 Å². The Morgan fingerprint density at radius 1 is 1.28 bits per heavy atom. The van der Waals surface area contributed by atoms with Crippen LogP contribution >= 0.6 is 0 Å². The summed E-state index contributed by atoms with van der Waals surface area (Å²) in [6, 6.07) is 5.35. The van der Waals surface area contributed by atoms with Gasteiger partial charge in [-0.2, -0.15) is 0 Å². The van der Waals surface area contributed by atoms with Crippen molar-refractivity contribution in [3.05, 3.63) is 34.9 Å². The van der Waals surface area contributed by atoms with Crippen LogP contribution < -0.4 is 0 Å². The third kappa shape index (κ3) is 3.87. The normalized spacial score (nSPS) is 9.94. The van der Waals surface area contributed by atoms with Gasteiger partial charge in [0.2, 0.25) is 0 Å². The average molecular weight is 250 g/mol. The van der Waals surface area contributed by atoms with Gasteiger partial charge in [-0.1, -0.05) is 6.07 Å². The van der Waals surface area contributed by atoms with Crippen molar-refractivity contribution >= 4 is 11.9 Å². The minimum atomic E-state index is -0.319. The Labute approximate surface area is 107 Å². The van der Waals surface area contributed by atoms with Crippen molar-refractivity contribution in [2.45, 2.75) is 26.7 Å². The Morgan fingerprint density at radius 2 is 2.00 bits per heavy atom. The summed E-state index contributed by atoms with van der Waals surface area (Å²) in [7, 11) is 1.37. The number of aryl methyl sites for hydroxylation is 2. The Bertz CT molecular complexity index is 437. The third-order valence-electron chi connectivity index (χ3n) is 2.68. The highest BCUT2D eigenvalue weighted by atomic mass is 16.5. The molecule has 0 aliphatic rings. The standard InChI is InChI=1S/C14H18O4/c1-4-18-14(16)12-6-5-11(10(2)9-12)7-8-13(15)17-3/h5-6,9H,4,7-8H2,1-3H3. The van der Waals surface area contributed by atoms with Crippen molar-refractivity contribution in [1.82, 2.24) is 0 Å². The van der Waals surface area contributed by atoms with Crippen LogP contribution in [0.2, 0.25) is 0 Å². The van der Waals surface area contributed by atoms with E-state index in [1.54, 1.807) is 19.1 Å². The average Bonchev–Trinajstić information content (AvgIpc) is 2.37. The first-order chi connectivity index (χ1) is 8.58. The van der Waals surface area contributed by atoms with Crippen molar-refractivity contribution in [3.63, 3.8) is 0 Å². The van der Waals surface area contributed by atoms with E-state index < -0.39 is 0 Å². The molecule has 4 heteroatoms. The summed E-state index contributed by atoms with van der Waals surface area (Å²) in [5.74, 6) is -0.552. The van der Waals surface area contributed by atoms with Crippen LogP contribution in [0.15, 0.2) is 18.2 Å². The quantitative estimate of drug-likeness (QED) is 0.752. The lowest BCUT2D eigenvalue weighted by Crippen LogP contribution is -2.06. The number of methoxy groups -OCH3 is 1. The summed E-state index contributed by atoms with van der Waals surface area (Å²) in [5, 5.41) is 0. The summed E-state index contributed by atoms with van der Waals surface area (Å²) in [4.78, 5) is 22.6. The molecule has 0 heterocycles. The predicted octanol–water partition coefficient (Wildman–Crippen LogP) is 2.28. The second-order valence-electron chi connectivity index (χ2n) is 3.94. The van der Waals surface area contributed by atoms with E-state index in [1.165, 1.54) is 7.11 Å². The molecule has 0 radical (unpaired) electrons. The van der Waals surface area contributed by atoms with Crippen LogP contribution in [0.25, 0.3) is 0 Å².